The van der Waals surface area contributed by atoms with E-state index in [2.05, 4.69) is 16.9 Å². The lowest BCUT2D eigenvalue weighted by molar-refractivity contribution is 0.202. The van der Waals surface area contributed by atoms with Gasteiger partial charge in [0.25, 0.3) is 10.1 Å². The molecule has 0 saturated heterocycles. The maximum Gasteiger partial charge on any atom is 0.411 e. The van der Waals surface area contributed by atoms with Crippen molar-refractivity contribution in [1.29, 1.82) is 0 Å². The normalized spacial score (nSPS) is 10.4. The number of rotatable bonds is 6. The molecule has 1 heterocycles. The number of carboxylic acid groups (broad SMARTS) is 1. The predicted molar refractivity (Wildman–Crippen MR) is 105 cm³/mol. The third-order valence-corrected chi connectivity index (χ3v) is 3.76. The Hall–Kier alpha value is -3.18. The lowest BCUT2D eigenvalue weighted by Gasteiger charge is -2.19. The highest BCUT2D eigenvalue weighted by molar-refractivity contribution is 7.88. The van der Waals surface area contributed by atoms with Crippen LogP contribution in [0.4, 0.5) is 26.5 Å². The van der Waals surface area contributed by atoms with Crippen molar-refractivity contribution in [3.63, 3.8) is 0 Å². The van der Waals surface area contributed by atoms with E-state index in [-0.39, 0.29) is 18.2 Å². The van der Waals surface area contributed by atoms with Crippen LogP contribution in [0.5, 0.6) is 0 Å². The number of amides is 1. The molecule has 0 radical (unpaired) electrons. The summed E-state index contributed by atoms with van der Waals surface area (Å²) in [6.07, 6.45) is -1.08. The largest absolute Gasteiger partial charge is 0.465 e. The van der Waals surface area contributed by atoms with E-state index in [1.54, 1.807) is 31.2 Å². The topological polar surface area (TPSA) is 146 Å². The molecule has 5 N–H and O–H groups in total. The Labute approximate surface area is 162 Å². The zero-order valence-corrected chi connectivity index (χ0v) is 15.9. The molecule has 0 saturated carbocycles. The van der Waals surface area contributed by atoms with Crippen LogP contribution in [-0.4, -0.2) is 35.7 Å². The summed E-state index contributed by atoms with van der Waals surface area (Å²) < 4.78 is 39.4. The molecule has 9 nitrogen and oxygen atoms in total. The van der Waals surface area contributed by atoms with Gasteiger partial charge in [0.1, 0.15) is 17.5 Å². The van der Waals surface area contributed by atoms with Crippen molar-refractivity contribution in [2.24, 2.45) is 0 Å². The molecule has 0 atom stereocenters. The summed E-state index contributed by atoms with van der Waals surface area (Å²) in [5.41, 5.74) is 7.06. The first-order valence-corrected chi connectivity index (χ1v) is 9.43. The summed E-state index contributed by atoms with van der Waals surface area (Å²) in [5.74, 6) is 0.365. The summed E-state index contributed by atoms with van der Waals surface area (Å²) in [4.78, 5) is 16.4. The zero-order valence-electron chi connectivity index (χ0n) is 15.0. The van der Waals surface area contributed by atoms with Crippen molar-refractivity contribution in [2.45, 2.75) is 13.5 Å². The number of carbonyl (C=O) groups is 1. The third kappa shape index (κ3) is 7.60. The molecule has 0 spiro atoms. The maximum absolute atomic E-state index is 12.8. The van der Waals surface area contributed by atoms with Crippen LogP contribution in [0, 0.1) is 5.82 Å². The smallest absolute Gasteiger partial charge is 0.411 e. The van der Waals surface area contributed by atoms with E-state index in [0.717, 1.165) is 10.5 Å². The third-order valence-electron chi connectivity index (χ3n) is 3.34. The predicted octanol–water partition coefficient (Wildman–Crippen LogP) is 2.94. The molecule has 0 aliphatic carbocycles. The van der Waals surface area contributed by atoms with Gasteiger partial charge in [0.05, 0.1) is 11.1 Å². The minimum Gasteiger partial charge on any atom is -0.465 e. The van der Waals surface area contributed by atoms with Gasteiger partial charge in [0.15, 0.2) is 0 Å². The molecule has 0 fully saturated rings. The van der Waals surface area contributed by atoms with Crippen molar-refractivity contribution in [1.82, 2.24) is 4.98 Å². The van der Waals surface area contributed by atoms with E-state index >= 15 is 0 Å². The van der Waals surface area contributed by atoms with E-state index in [9.17, 15) is 17.6 Å². The van der Waals surface area contributed by atoms with Gasteiger partial charge in [-0.2, -0.15) is 8.42 Å². The number of aromatic nitrogens is 1. The number of nitrogens with two attached hydrogens (primary N) is 1. The Balaban J connectivity index is 0.000000568. The fourth-order valence-corrected chi connectivity index (χ4v) is 2.00. The van der Waals surface area contributed by atoms with Crippen LogP contribution in [0.3, 0.4) is 0 Å². The second-order valence-electron chi connectivity index (χ2n) is 5.29. The number of nitrogens with one attached hydrogen (secondary N) is 1. The average molecular weight is 412 g/mol. The molecule has 0 aliphatic heterocycles. The summed E-state index contributed by atoms with van der Waals surface area (Å²) in [6.45, 7) is 5.25. The van der Waals surface area contributed by atoms with Gasteiger partial charge in [-0.25, -0.2) is 14.2 Å². The van der Waals surface area contributed by atoms with Crippen LogP contribution in [0.2, 0.25) is 0 Å². The zero-order chi connectivity index (χ0) is 21.3. The number of benzene rings is 1. The molecule has 1 aromatic carbocycles. The van der Waals surface area contributed by atoms with Crippen LogP contribution in [0.1, 0.15) is 12.5 Å². The Kier molecular flexibility index (Phi) is 8.35. The van der Waals surface area contributed by atoms with Crippen LogP contribution in [0.15, 0.2) is 48.4 Å². The van der Waals surface area contributed by atoms with Gasteiger partial charge in [-0.1, -0.05) is 18.7 Å². The van der Waals surface area contributed by atoms with Gasteiger partial charge >= 0.3 is 6.09 Å². The number of halogens is 1. The van der Waals surface area contributed by atoms with E-state index in [4.69, 9.17) is 15.4 Å². The van der Waals surface area contributed by atoms with Gasteiger partial charge in [0.2, 0.25) is 0 Å². The first-order valence-electron chi connectivity index (χ1n) is 7.92. The van der Waals surface area contributed by atoms with E-state index in [1.165, 1.54) is 12.1 Å². The molecule has 0 aliphatic rings. The minimum atomic E-state index is -3.90. The molecule has 0 unspecified atom stereocenters. The number of anilines is 3. The van der Waals surface area contributed by atoms with Gasteiger partial charge in [-0.15, -0.1) is 0 Å². The monoisotopic (exact) mass is 412 g/mol. The van der Waals surface area contributed by atoms with Crippen molar-refractivity contribution in [2.75, 3.05) is 22.5 Å². The Morgan fingerprint density at radius 1 is 1.32 bits per heavy atom. The van der Waals surface area contributed by atoms with Crippen molar-refractivity contribution < 1.29 is 27.3 Å². The molecule has 28 heavy (non-hydrogen) atoms. The number of hydrogen-bond donors (Lipinski definition) is 4. The van der Waals surface area contributed by atoms with Crippen LogP contribution in [-0.2, 0) is 16.7 Å². The van der Waals surface area contributed by atoms with Crippen LogP contribution < -0.4 is 16.0 Å². The summed E-state index contributed by atoms with van der Waals surface area (Å²) in [6, 6.07) is 9.36. The first kappa shape index (κ1) is 22.9. The molecule has 152 valence electrons. The molecule has 11 heteroatoms. The van der Waals surface area contributed by atoms with Gasteiger partial charge in [-0.3, -0.25) is 9.45 Å². The molecule has 1 amide bonds. The van der Waals surface area contributed by atoms with E-state index in [0.29, 0.717) is 23.5 Å². The molecular formula is C17H21FN4O5S. The molecule has 0 bridgehead atoms. The summed E-state index contributed by atoms with van der Waals surface area (Å²) in [5, 5.41) is 12.6. The second kappa shape index (κ2) is 10.2. The Morgan fingerprint density at radius 2 is 1.89 bits per heavy atom. The lowest BCUT2D eigenvalue weighted by atomic mass is 10.2. The maximum atomic E-state index is 12.8. The quantitative estimate of drug-likeness (QED) is 0.530. The summed E-state index contributed by atoms with van der Waals surface area (Å²) >= 11 is 0. The van der Waals surface area contributed by atoms with Crippen LogP contribution in [0.25, 0.3) is 0 Å². The summed E-state index contributed by atoms with van der Waals surface area (Å²) in [7, 11) is -3.90. The second-order valence-corrected chi connectivity index (χ2v) is 6.65. The van der Waals surface area contributed by atoms with E-state index in [1.807, 2.05) is 0 Å². The van der Waals surface area contributed by atoms with Crippen LogP contribution >= 0.6 is 0 Å². The molecular weight excluding hydrogens is 391 g/mol. The highest BCUT2D eigenvalue weighted by Crippen LogP contribution is 2.23. The molecule has 2 aromatic rings. The number of nitrogen functional groups attached to an aromatic ring is 1. The van der Waals surface area contributed by atoms with Crippen molar-refractivity contribution >= 4 is 33.5 Å². The number of nitrogens with zero attached hydrogens (tertiary/aromatic N) is 2. The molecule has 1 aromatic heterocycles. The van der Waals surface area contributed by atoms with Gasteiger partial charge in [0, 0.05) is 13.1 Å². The Morgan fingerprint density at radius 3 is 2.32 bits per heavy atom. The van der Waals surface area contributed by atoms with Gasteiger partial charge in [-0.05, 0) is 36.8 Å². The minimum absolute atomic E-state index is 0.133. The van der Waals surface area contributed by atoms with Crippen molar-refractivity contribution in [3.8, 4) is 0 Å². The fraction of sp³-hybridized carbons (Fsp3) is 0.176. The van der Waals surface area contributed by atoms with E-state index < -0.39 is 16.2 Å². The SMILES string of the molecule is C=CS(=O)(=O)O.CCN(C(=O)O)c1ccc(NCc2ccc(F)cc2)nc1N. The van der Waals surface area contributed by atoms with Crippen molar-refractivity contribution in [3.05, 3.63) is 59.8 Å². The fourth-order valence-electron chi connectivity index (χ4n) is 2.00. The highest BCUT2D eigenvalue weighted by atomic mass is 32.2. The standard InChI is InChI=1S/C15H17FN4O2.C2H4O3S/c1-2-20(15(21)22)12-7-8-13(19-14(12)17)18-9-10-3-5-11(16)6-4-10;1-2-6(3,4)5/h3-8H,2,9H2,1H3,(H,21,22)(H3,17,18,19);2H,1H2,(H,3,4,5). The average Bonchev–Trinajstić information content (AvgIpc) is 2.63. The van der Waals surface area contributed by atoms with Gasteiger partial charge < -0.3 is 16.2 Å². The molecule has 2 rings (SSSR count). The Bertz CT molecular complexity index is 908. The number of hydrogen-bond acceptors (Lipinski definition) is 6. The number of pyridine rings is 1. The first-order chi connectivity index (χ1) is 13.1. The highest BCUT2D eigenvalue weighted by Gasteiger charge is 2.15. The lowest BCUT2D eigenvalue weighted by Crippen LogP contribution is -2.29.